The minimum absolute atomic E-state index is 0.121. The van der Waals surface area contributed by atoms with Gasteiger partial charge in [0.25, 0.3) is 5.91 Å². The van der Waals surface area contributed by atoms with E-state index in [4.69, 9.17) is 5.11 Å². The number of para-hydroxylation sites is 1. The standard InChI is InChI=1S/C17H20FN3O3/c1-11(2)9-20(10-16(22)23)17(24)13-8-19-21(12(13)3)15-7-5-4-6-14(15)18/h4-8,11H,9-10H2,1-3H3,(H,22,23). The highest BCUT2D eigenvalue weighted by atomic mass is 19.1. The SMILES string of the molecule is Cc1c(C(=O)N(CC(=O)O)CC(C)C)cnn1-c1ccccc1F. The number of amides is 1. The molecule has 6 nitrogen and oxygen atoms in total. The van der Waals surface area contributed by atoms with Crippen LogP contribution in [0.5, 0.6) is 0 Å². The molecule has 1 heterocycles. The van der Waals surface area contributed by atoms with E-state index in [1.165, 1.54) is 21.8 Å². The number of carbonyl (C=O) groups excluding carboxylic acids is 1. The zero-order valence-electron chi connectivity index (χ0n) is 13.9. The normalized spacial score (nSPS) is 10.9. The fourth-order valence-corrected chi connectivity index (χ4v) is 2.48. The zero-order chi connectivity index (χ0) is 17.9. The van der Waals surface area contributed by atoms with Crippen LogP contribution in [0, 0.1) is 18.7 Å². The molecule has 24 heavy (non-hydrogen) atoms. The fourth-order valence-electron chi connectivity index (χ4n) is 2.48. The van der Waals surface area contributed by atoms with Crippen molar-refractivity contribution < 1.29 is 19.1 Å². The van der Waals surface area contributed by atoms with E-state index < -0.39 is 17.7 Å². The summed E-state index contributed by atoms with van der Waals surface area (Å²) >= 11 is 0. The molecule has 0 unspecified atom stereocenters. The van der Waals surface area contributed by atoms with Crippen LogP contribution in [-0.4, -0.2) is 44.8 Å². The van der Waals surface area contributed by atoms with Gasteiger partial charge in [0.15, 0.2) is 0 Å². The average molecular weight is 333 g/mol. The largest absolute Gasteiger partial charge is 0.480 e. The smallest absolute Gasteiger partial charge is 0.323 e. The quantitative estimate of drug-likeness (QED) is 0.881. The third-order valence-corrected chi connectivity index (χ3v) is 3.52. The van der Waals surface area contributed by atoms with E-state index in [0.717, 1.165) is 0 Å². The number of hydrogen-bond acceptors (Lipinski definition) is 3. The maximum absolute atomic E-state index is 13.9. The van der Waals surface area contributed by atoms with Crippen molar-refractivity contribution in [3.05, 3.63) is 47.5 Å². The van der Waals surface area contributed by atoms with Crippen molar-refractivity contribution in [1.82, 2.24) is 14.7 Å². The van der Waals surface area contributed by atoms with Crippen molar-refractivity contribution in [3.63, 3.8) is 0 Å². The van der Waals surface area contributed by atoms with Crippen LogP contribution in [0.25, 0.3) is 5.69 Å². The van der Waals surface area contributed by atoms with E-state index >= 15 is 0 Å². The lowest BCUT2D eigenvalue weighted by molar-refractivity contribution is -0.137. The van der Waals surface area contributed by atoms with E-state index in [-0.39, 0.29) is 23.7 Å². The molecule has 0 bridgehead atoms. The number of benzene rings is 1. The van der Waals surface area contributed by atoms with Crippen molar-refractivity contribution in [3.8, 4) is 5.69 Å². The van der Waals surface area contributed by atoms with Gasteiger partial charge >= 0.3 is 5.97 Å². The number of halogens is 1. The molecule has 0 aliphatic heterocycles. The van der Waals surface area contributed by atoms with E-state index in [0.29, 0.717) is 12.2 Å². The van der Waals surface area contributed by atoms with E-state index in [9.17, 15) is 14.0 Å². The summed E-state index contributed by atoms with van der Waals surface area (Å²) in [6, 6.07) is 6.12. The first-order chi connectivity index (χ1) is 11.3. The molecule has 7 heteroatoms. The summed E-state index contributed by atoms with van der Waals surface area (Å²) in [4.78, 5) is 25.0. The second-order valence-electron chi connectivity index (χ2n) is 5.98. The highest BCUT2D eigenvalue weighted by molar-refractivity contribution is 5.96. The number of aromatic nitrogens is 2. The van der Waals surface area contributed by atoms with Gasteiger partial charge in [0, 0.05) is 6.54 Å². The molecular weight excluding hydrogens is 313 g/mol. The second kappa shape index (κ2) is 7.25. The molecule has 1 aromatic heterocycles. The van der Waals surface area contributed by atoms with Gasteiger partial charge in [-0.3, -0.25) is 9.59 Å². The van der Waals surface area contributed by atoms with Crippen molar-refractivity contribution in [2.24, 2.45) is 5.92 Å². The summed E-state index contributed by atoms with van der Waals surface area (Å²) in [5.41, 5.74) is 0.965. The van der Waals surface area contributed by atoms with Crippen molar-refractivity contribution in [1.29, 1.82) is 0 Å². The number of carboxylic acid groups (broad SMARTS) is 1. The first kappa shape index (κ1) is 17.7. The topological polar surface area (TPSA) is 75.4 Å². The summed E-state index contributed by atoms with van der Waals surface area (Å²) in [6.07, 6.45) is 1.35. The number of carboxylic acids is 1. The minimum atomic E-state index is -1.08. The van der Waals surface area contributed by atoms with E-state index in [2.05, 4.69) is 5.10 Å². The molecule has 0 saturated carbocycles. The third-order valence-electron chi connectivity index (χ3n) is 3.52. The Bertz CT molecular complexity index is 755. The van der Waals surface area contributed by atoms with Gasteiger partial charge in [-0.25, -0.2) is 9.07 Å². The maximum atomic E-state index is 13.9. The van der Waals surface area contributed by atoms with Gasteiger partial charge in [0.1, 0.15) is 18.0 Å². The molecule has 0 aliphatic carbocycles. The van der Waals surface area contributed by atoms with E-state index in [1.54, 1.807) is 25.1 Å². The summed E-state index contributed by atoms with van der Waals surface area (Å²) in [5.74, 6) is -1.84. The molecule has 0 aliphatic rings. The van der Waals surface area contributed by atoms with Crippen LogP contribution in [-0.2, 0) is 4.79 Å². The number of nitrogens with zero attached hydrogens (tertiary/aromatic N) is 3. The molecule has 0 radical (unpaired) electrons. The van der Waals surface area contributed by atoms with Gasteiger partial charge in [-0.2, -0.15) is 5.10 Å². The van der Waals surface area contributed by atoms with Gasteiger partial charge in [-0.1, -0.05) is 26.0 Å². The zero-order valence-corrected chi connectivity index (χ0v) is 13.9. The molecular formula is C17H20FN3O3. The summed E-state index contributed by atoms with van der Waals surface area (Å²) < 4.78 is 15.3. The Labute approximate surface area is 139 Å². The van der Waals surface area contributed by atoms with Crippen LogP contribution in [0.2, 0.25) is 0 Å². The minimum Gasteiger partial charge on any atom is -0.480 e. The van der Waals surface area contributed by atoms with Gasteiger partial charge in [-0.15, -0.1) is 0 Å². The van der Waals surface area contributed by atoms with Crippen LogP contribution in [0.3, 0.4) is 0 Å². The molecule has 2 rings (SSSR count). The summed E-state index contributed by atoms with van der Waals surface area (Å²) in [7, 11) is 0. The lowest BCUT2D eigenvalue weighted by Gasteiger charge is -2.22. The highest BCUT2D eigenvalue weighted by Gasteiger charge is 2.24. The van der Waals surface area contributed by atoms with Crippen LogP contribution < -0.4 is 0 Å². The Kier molecular flexibility index (Phi) is 5.33. The summed E-state index contributed by atoms with van der Waals surface area (Å²) in [5, 5.41) is 13.1. The van der Waals surface area contributed by atoms with Gasteiger partial charge in [0.05, 0.1) is 17.5 Å². The Morgan fingerprint density at radius 3 is 2.58 bits per heavy atom. The van der Waals surface area contributed by atoms with Crippen molar-refractivity contribution in [2.75, 3.05) is 13.1 Å². The van der Waals surface area contributed by atoms with Gasteiger partial charge < -0.3 is 10.0 Å². The number of aliphatic carboxylic acids is 1. The molecule has 0 atom stereocenters. The molecule has 0 saturated heterocycles. The molecule has 128 valence electrons. The highest BCUT2D eigenvalue weighted by Crippen LogP contribution is 2.18. The van der Waals surface area contributed by atoms with E-state index in [1.807, 2.05) is 13.8 Å². The Balaban J connectivity index is 2.36. The number of carbonyl (C=O) groups is 2. The summed E-state index contributed by atoms with van der Waals surface area (Å²) in [6.45, 7) is 5.38. The molecule has 2 aromatic rings. The Morgan fingerprint density at radius 1 is 1.33 bits per heavy atom. The molecule has 1 aromatic carbocycles. The molecule has 1 N–H and O–H groups in total. The Morgan fingerprint density at radius 2 is 2.00 bits per heavy atom. The van der Waals surface area contributed by atoms with Crippen molar-refractivity contribution in [2.45, 2.75) is 20.8 Å². The van der Waals surface area contributed by atoms with Gasteiger partial charge in [-0.05, 0) is 25.0 Å². The first-order valence-corrected chi connectivity index (χ1v) is 7.61. The monoisotopic (exact) mass is 333 g/mol. The average Bonchev–Trinajstić information content (AvgIpc) is 2.87. The molecule has 1 amide bonds. The lowest BCUT2D eigenvalue weighted by atomic mass is 10.1. The molecule has 0 fully saturated rings. The van der Waals surface area contributed by atoms with Crippen LogP contribution in [0.1, 0.15) is 29.9 Å². The van der Waals surface area contributed by atoms with Crippen LogP contribution in [0.15, 0.2) is 30.5 Å². The van der Waals surface area contributed by atoms with Crippen LogP contribution >= 0.6 is 0 Å². The van der Waals surface area contributed by atoms with Crippen LogP contribution in [0.4, 0.5) is 4.39 Å². The second-order valence-corrected chi connectivity index (χ2v) is 5.98. The Hall–Kier alpha value is -2.70. The lowest BCUT2D eigenvalue weighted by Crippen LogP contribution is -2.38. The number of rotatable bonds is 6. The fraction of sp³-hybridized carbons (Fsp3) is 0.353. The first-order valence-electron chi connectivity index (χ1n) is 7.61. The van der Waals surface area contributed by atoms with Gasteiger partial charge in [0.2, 0.25) is 0 Å². The molecule has 0 spiro atoms. The third kappa shape index (κ3) is 3.79. The predicted molar refractivity (Wildman–Crippen MR) is 86.6 cm³/mol. The predicted octanol–water partition coefficient (Wildman–Crippen LogP) is 2.50. The number of hydrogen-bond donors (Lipinski definition) is 1. The van der Waals surface area contributed by atoms with Crippen molar-refractivity contribution >= 4 is 11.9 Å². The maximum Gasteiger partial charge on any atom is 0.323 e.